The predicted octanol–water partition coefficient (Wildman–Crippen LogP) is 2.95. The number of anilines is 2. The van der Waals surface area contributed by atoms with E-state index in [1.165, 1.54) is 0 Å². The average Bonchev–Trinajstić information content (AvgIpc) is 2.99. The molecule has 4 aromatic rings. The molecule has 0 radical (unpaired) electrons. The van der Waals surface area contributed by atoms with Gasteiger partial charge in [0, 0.05) is 43.4 Å². The number of rotatable bonds is 5. The molecule has 1 aliphatic carbocycles. The molecule has 142 valence electrons. The van der Waals surface area contributed by atoms with E-state index in [1.807, 2.05) is 41.9 Å². The Morgan fingerprint density at radius 1 is 1.25 bits per heavy atom. The van der Waals surface area contributed by atoms with Gasteiger partial charge in [0.2, 0.25) is 5.95 Å². The van der Waals surface area contributed by atoms with Crippen molar-refractivity contribution in [2.75, 3.05) is 5.32 Å². The number of hydrogen-bond donors (Lipinski definition) is 1. The second-order valence-electron chi connectivity index (χ2n) is 7.37. The molecular formula is C19H19FN8. The molecule has 0 spiro atoms. The number of nitrogens with zero attached hydrogens (tertiary/aromatic N) is 7. The number of nitrogens with one attached hydrogen (secondary N) is 1. The third-order valence-electron chi connectivity index (χ3n) is 5.26. The standard InChI is InChI=1S/C19H19FN8/c1-19(20)11-13(19)10-17-26-25-16-9-12(5-8-28(16)17)14-3-6-21-18(23-14)24-15-4-7-22-27(15)2/h3-9,13H,10-11H2,1-2H3,(H,21,23,24). The van der Waals surface area contributed by atoms with Crippen molar-refractivity contribution in [2.24, 2.45) is 13.0 Å². The van der Waals surface area contributed by atoms with Crippen LogP contribution in [-0.2, 0) is 13.5 Å². The molecule has 1 aliphatic rings. The Bertz CT molecular complexity index is 1160. The van der Waals surface area contributed by atoms with Crippen LogP contribution in [0.15, 0.2) is 42.9 Å². The maximum Gasteiger partial charge on any atom is 0.228 e. The predicted molar refractivity (Wildman–Crippen MR) is 102 cm³/mol. The summed E-state index contributed by atoms with van der Waals surface area (Å²) in [7, 11) is 1.84. The first-order valence-corrected chi connectivity index (χ1v) is 9.11. The molecule has 1 fully saturated rings. The van der Waals surface area contributed by atoms with Crippen LogP contribution >= 0.6 is 0 Å². The highest BCUT2D eigenvalue weighted by Gasteiger charge is 2.51. The van der Waals surface area contributed by atoms with E-state index >= 15 is 0 Å². The molecule has 9 heteroatoms. The number of aryl methyl sites for hydroxylation is 1. The molecule has 8 nitrogen and oxygen atoms in total. The molecule has 2 atom stereocenters. The molecular weight excluding hydrogens is 359 g/mol. The van der Waals surface area contributed by atoms with Gasteiger partial charge in [0.25, 0.3) is 0 Å². The average molecular weight is 378 g/mol. The van der Waals surface area contributed by atoms with E-state index in [4.69, 9.17) is 0 Å². The second kappa shape index (κ2) is 6.08. The zero-order valence-corrected chi connectivity index (χ0v) is 15.5. The van der Waals surface area contributed by atoms with Gasteiger partial charge < -0.3 is 5.32 Å². The van der Waals surface area contributed by atoms with Crippen molar-refractivity contribution in [3.63, 3.8) is 0 Å². The molecule has 0 aliphatic heterocycles. The highest BCUT2D eigenvalue weighted by Crippen LogP contribution is 2.48. The lowest BCUT2D eigenvalue weighted by atomic mass is 10.2. The van der Waals surface area contributed by atoms with Crippen molar-refractivity contribution < 1.29 is 4.39 Å². The number of fused-ring (bicyclic) bond motifs is 1. The van der Waals surface area contributed by atoms with Gasteiger partial charge in [0.05, 0.1) is 11.9 Å². The minimum absolute atomic E-state index is 0.0297. The normalized spacial score (nSPS) is 21.2. The minimum atomic E-state index is -1.07. The minimum Gasteiger partial charge on any atom is -0.309 e. The topological polar surface area (TPSA) is 85.8 Å². The monoisotopic (exact) mass is 378 g/mol. The fraction of sp³-hybridized carbons (Fsp3) is 0.316. The van der Waals surface area contributed by atoms with Crippen molar-refractivity contribution in [2.45, 2.75) is 25.4 Å². The van der Waals surface area contributed by atoms with Crippen LogP contribution in [0.1, 0.15) is 19.2 Å². The highest BCUT2D eigenvalue weighted by atomic mass is 19.1. The summed E-state index contributed by atoms with van der Waals surface area (Å²) in [6.07, 6.45) is 6.51. The Morgan fingerprint density at radius 2 is 2.11 bits per heavy atom. The van der Waals surface area contributed by atoms with Gasteiger partial charge in [-0.25, -0.2) is 14.4 Å². The van der Waals surface area contributed by atoms with E-state index in [0.29, 0.717) is 24.4 Å². The Hall–Kier alpha value is -3.36. The van der Waals surface area contributed by atoms with Gasteiger partial charge in [-0.05, 0) is 31.5 Å². The lowest BCUT2D eigenvalue weighted by molar-refractivity contribution is 0.307. The van der Waals surface area contributed by atoms with Crippen LogP contribution < -0.4 is 5.32 Å². The molecule has 1 saturated carbocycles. The van der Waals surface area contributed by atoms with Crippen molar-refractivity contribution in [3.8, 4) is 11.3 Å². The van der Waals surface area contributed by atoms with Crippen LogP contribution in [0.5, 0.6) is 0 Å². The highest BCUT2D eigenvalue weighted by molar-refractivity contribution is 5.65. The lowest BCUT2D eigenvalue weighted by Crippen LogP contribution is -2.03. The summed E-state index contributed by atoms with van der Waals surface area (Å²) < 4.78 is 17.5. The van der Waals surface area contributed by atoms with Crippen LogP contribution in [0, 0.1) is 5.92 Å². The Kier molecular flexibility index (Phi) is 3.65. The molecule has 5 rings (SSSR count). The summed E-state index contributed by atoms with van der Waals surface area (Å²) in [5, 5.41) is 15.8. The SMILES string of the molecule is Cn1nccc1Nc1nccc(-c2ccn3c(CC4CC4(C)F)nnc3c2)n1. The maximum atomic E-state index is 13.9. The Balaban J connectivity index is 1.42. The first-order chi connectivity index (χ1) is 13.5. The smallest absolute Gasteiger partial charge is 0.228 e. The van der Waals surface area contributed by atoms with Crippen LogP contribution in [-0.4, -0.2) is 40.0 Å². The molecule has 28 heavy (non-hydrogen) atoms. The van der Waals surface area contributed by atoms with Gasteiger partial charge in [-0.2, -0.15) is 5.10 Å². The van der Waals surface area contributed by atoms with Gasteiger partial charge in [0.1, 0.15) is 17.3 Å². The fourth-order valence-electron chi connectivity index (χ4n) is 3.36. The van der Waals surface area contributed by atoms with Crippen molar-refractivity contribution in [1.82, 2.24) is 34.3 Å². The summed E-state index contributed by atoms with van der Waals surface area (Å²) in [5.74, 6) is 2.10. The molecule has 0 saturated heterocycles. The number of hydrogen-bond acceptors (Lipinski definition) is 6. The first kappa shape index (κ1) is 16.8. The van der Waals surface area contributed by atoms with Gasteiger partial charge in [-0.1, -0.05) is 0 Å². The van der Waals surface area contributed by atoms with Crippen molar-refractivity contribution in [1.29, 1.82) is 0 Å². The van der Waals surface area contributed by atoms with Crippen LogP contribution in [0.25, 0.3) is 16.9 Å². The number of halogens is 1. The van der Waals surface area contributed by atoms with Crippen LogP contribution in [0.3, 0.4) is 0 Å². The second-order valence-corrected chi connectivity index (χ2v) is 7.37. The van der Waals surface area contributed by atoms with E-state index < -0.39 is 5.67 Å². The third kappa shape index (κ3) is 2.98. The molecule has 0 aromatic carbocycles. The number of aromatic nitrogens is 7. The van der Waals surface area contributed by atoms with E-state index in [9.17, 15) is 4.39 Å². The summed E-state index contributed by atoms with van der Waals surface area (Å²) in [6.45, 7) is 1.64. The van der Waals surface area contributed by atoms with E-state index in [0.717, 1.165) is 22.9 Å². The lowest BCUT2D eigenvalue weighted by Gasteiger charge is -2.07. The summed E-state index contributed by atoms with van der Waals surface area (Å²) in [5.41, 5.74) is 1.33. The molecule has 4 aromatic heterocycles. The number of alkyl halides is 1. The quantitative estimate of drug-likeness (QED) is 0.575. The van der Waals surface area contributed by atoms with Crippen LogP contribution in [0.4, 0.5) is 16.2 Å². The molecule has 4 heterocycles. The van der Waals surface area contributed by atoms with Crippen LogP contribution in [0.2, 0.25) is 0 Å². The molecule has 2 unspecified atom stereocenters. The third-order valence-corrected chi connectivity index (χ3v) is 5.26. The van der Waals surface area contributed by atoms with Gasteiger partial charge >= 0.3 is 0 Å². The molecule has 0 amide bonds. The molecule has 1 N–H and O–H groups in total. The maximum absolute atomic E-state index is 13.9. The van der Waals surface area contributed by atoms with E-state index in [-0.39, 0.29) is 5.92 Å². The Morgan fingerprint density at radius 3 is 2.86 bits per heavy atom. The Labute approximate surface area is 160 Å². The van der Waals surface area contributed by atoms with Crippen molar-refractivity contribution in [3.05, 3.63) is 48.7 Å². The zero-order valence-electron chi connectivity index (χ0n) is 15.5. The summed E-state index contributed by atoms with van der Waals surface area (Å²) in [4.78, 5) is 8.85. The summed E-state index contributed by atoms with van der Waals surface area (Å²) >= 11 is 0. The number of pyridine rings is 1. The fourth-order valence-corrected chi connectivity index (χ4v) is 3.36. The van der Waals surface area contributed by atoms with E-state index in [1.54, 1.807) is 24.0 Å². The molecule has 0 bridgehead atoms. The zero-order chi connectivity index (χ0) is 19.3. The van der Waals surface area contributed by atoms with Crippen molar-refractivity contribution >= 4 is 17.4 Å². The first-order valence-electron chi connectivity index (χ1n) is 9.11. The van der Waals surface area contributed by atoms with Gasteiger partial charge in [-0.3, -0.25) is 9.08 Å². The van der Waals surface area contributed by atoms with Gasteiger partial charge in [0.15, 0.2) is 5.65 Å². The largest absolute Gasteiger partial charge is 0.309 e. The van der Waals surface area contributed by atoms with E-state index in [2.05, 4.69) is 30.6 Å². The summed E-state index contributed by atoms with van der Waals surface area (Å²) in [6, 6.07) is 7.57. The van der Waals surface area contributed by atoms with Gasteiger partial charge in [-0.15, -0.1) is 10.2 Å².